The van der Waals surface area contributed by atoms with Crippen LogP contribution in [0.1, 0.15) is 34.6 Å². The van der Waals surface area contributed by atoms with Crippen LogP contribution in [0.2, 0.25) is 0 Å². The fourth-order valence-electron chi connectivity index (χ4n) is 5.58. The molecular formula is C32H29N3O15S. The number of phenolic OH excluding ortho intramolecular Hbond substituents is 2. The highest BCUT2D eigenvalue weighted by atomic mass is 32.2. The van der Waals surface area contributed by atoms with Crippen molar-refractivity contribution in [2.45, 2.75) is 31.0 Å². The summed E-state index contributed by atoms with van der Waals surface area (Å²) in [5.74, 6) is -8.71. The van der Waals surface area contributed by atoms with E-state index in [1.807, 2.05) is 0 Å². The number of amides is 3. The van der Waals surface area contributed by atoms with Crippen LogP contribution in [0.5, 0.6) is 17.2 Å². The summed E-state index contributed by atoms with van der Waals surface area (Å²) in [5.41, 5.74) is -4.59. The number of aryl methyl sites for hydroxylation is 1. The molecule has 6 N–H and O–H groups in total. The Bertz CT molecular complexity index is 2090. The van der Waals surface area contributed by atoms with Crippen LogP contribution in [-0.2, 0) is 33.4 Å². The first-order chi connectivity index (χ1) is 24.1. The van der Waals surface area contributed by atoms with Crippen LogP contribution < -0.4 is 20.8 Å². The van der Waals surface area contributed by atoms with Crippen molar-refractivity contribution in [2.24, 2.45) is 0 Å². The number of ether oxygens (including phenoxy) is 3. The number of fused-ring (bicyclic) bond motifs is 2. The number of carbonyl (C=O) groups excluding carboxylic acids is 4. The number of methoxy groups -OCH3 is 1. The van der Waals surface area contributed by atoms with Crippen LogP contribution in [0.3, 0.4) is 0 Å². The molecule has 19 heteroatoms. The van der Waals surface area contributed by atoms with Gasteiger partial charge >= 0.3 is 17.9 Å². The van der Waals surface area contributed by atoms with Crippen molar-refractivity contribution in [3.8, 4) is 17.2 Å². The quantitative estimate of drug-likeness (QED) is 0.0649. The van der Waals surface area contributed by atoms with Crippen molar-refractivity contribution in [3.05, 3.63) is 74.8 Å². The molecule has 0 radical (unpaired) electrons. The Morgan fingerprint density at radius 3 is 2.45 bits per heavy atom. The largest absolute Gasteiger partial charge is 0.504 e. The standard InChI is InChI=1S/C32H29N3O15S/c1-13-21(24(40)17-8-9-18(37)25(41)26(17)50-13)27(42)33-22(16-6-4-5-7-19(16)49-11-20(38)39)28(43)34-32(47-3)30(46)35-23(29(44)45)15(10-48-14(2)36)12-51-31(32)35/h4-9,22,31,37,41H,10-12H2,1-3H3,(H,33,42)(H,34,43)(H,38,39)(H,44,45)/t22?,31-,32-/m0/s1. The van der Waals surface area contributed by atoms with Gasteiger partial charge in [-0.3, -0.25) is 28.9 Å². The summed E-state index contributed by atoms with van der Waals surface area (Å²) >= 11 is 0.995. The highest BCUT2D eigenvalue weighted by molar-refractivity contribution is 8.00. The zero-order chi connectivity index (χ0) is 37.4. The van der Waals surface area contributed by atoms with Crippen molar-refractivity contribution >= 4 is 58.4 Å². The third kappa shape index (κ3) is 6.51. The average molecular weight is 728 g/mol. The maximum absolute atomic E-state index is 14.2. The van der Waals surface area contributed by atoms with Crippen LogP contribution >= 0.6 is 11.8 Å². The van der Waals surface area contributed by atoms with Gasteiger partial charge in [-0.05, 0) is 25.1 Å². The van der Waals surface area contributed by atoms with Crippen molar-refractivity contribution in [1.29, 1.82) is 0 Å². The second-order valence-electron chi connectivity index (χ2n) is 11.1. The number of thioether (sulfide) groups is 1. The molecule has 5 rings (SSSR count). The topological polar surface area (TPSA) is 269 Å². The molecular weight excluding hydrogens is 698 g/mol. The van der Waals surface area contributed by atoms with Crippen LogP contribution in [0.15, 0.2) is 56.9 Å². The third-order valence-corrected chi connectivity index (χ3v) is 9.30. The highest BCUT2D eigenvalue weighted by Gasteiger charge is 2.67. The van der Waals surface area contributed by atoms with Gasteiger partial charge in [-0.2, -0.15) is 0 Å². The van der Waals surface area contributed by atoms with Crippen molar-refractivity contribution in [2.75, 3.05) is 26.1 Å². The monoisotopic (exact) mass is 727 g/mol. The molecule has 2 aliphatic rings. The lowest BCUT2D eigenvalue weighted by atomic mass is 9.96. The number of rotatable bonds is 12. The molecule has 1 aromatic heterocycles. The number of aliphatic carboxylic acids is 2. The molecule has 1 fully saturated rings. The molecule has 3 aromatic rings. The molecule has 0 saturated carbocycles. The van der Waals surface area contributed by atoms with Gasteiger partial charge in [-0.1, -0.05) is 18.2 Å². The molecule has 0 aliphatic carbocycles. The van der Waals surface area contributed by atoms with E-state index in [0.29, 0.717) is 0 Å². The minimum absolute atomic E-state index is 0.0410. The predicted molar refractivity (Wildman–Crippen MR) is 173 cm³/mol. The molecule has 1 unspecified atom stereocenters. The number of carboxylic acids is 2. The molecule has 3 heterocycles. The molecule has 3 atom stereocenters. The SMILES string of the molecule is CO[C@@]1(NC(=O)C(NC(=O)c2c(C)oc3c(O)c(O)ccc3c2=O)c2ccccc2OCC(=O)O)C(=O)N2C(C(=O)O)=C(COC(C)=O)CS[C@H]21. The number of hydrogen-bond acceptors (Lipinski definition) is 14. The highest BCUT2D eigenvalue weighted by Crippen LogP contribution is 2.47. The molecule has 51 heavy (non-hydrogen) atoms. The first-order valence-electron chi connectivity index (χ1n) is 14.8. The Balaban J connectivity index is 1.54. The molecule has 2 aromatic carbocycles. The van der Waals surface area contributed by atoms with E-state index in [-0.39, 0.29) is 33.8 Å². The van der Waals surface area contributed by atoms with E-state index < -0.39 is 99.8 Å². The first-order valence-corrected chi connectivity index (χ1v) is 15.8. The second kappa shape index (κ2) is 14.0. The zero-order valence-electron chi connectivity index (χ0n) is 26.9. The Kier molecular flexibility index (Phi) is 9.97. The summed E-state index contributed by atoms with van der Waals surface area (Å²) in [6.07, 6.45) is 0. The van der Waals surface area contributed by atoms with Gasteiger partial charge in [0.15, 0.2) is 17.9 Å². The lowest BCUT2D eigenvalue weighted by Gasteiger charge is -2.56. The number of nitrogens with one attached hydrogen (secondary N) is 2. The molecule has 2 aliphatic heterocycles. The van der Waals surface area contributed by atoms with Gasteiger partial charge in [-0.15, -0.1) is 11.8 Å². The summed E-state index contributed by atoms with van der Waals surface area (Å²) < 4.78 is 21.3. The summed E-state index contributed by atoms with van der Waals surface area (Å²) in [7, 11) is 1.09. The average Bonchev–Trinajstić information content (AvgIpc) is 3.08. The number of phenols is 2. The van der Waals surface area contributed by atoms with Gasteiger partial charge in [-0.25, -0.2) is 9.59 Å². The van der Waals surface area contributed by atoms with Gasteiger partial charge in [0.25, 0.3) is 17.5 Å². The number of benzene rings is 2. The fourth-order valence-corrected chi connectivity index (χ4v) is 7.00. The van der Waals surface area contributed by atoms with E-state index >= 15 is 0 Å². The fraction of sp³-hybridized carbons (Fsp3) is 0.281. The van der Waals surface area contributed by atoms with Crippen molar-refractivity contribution in [3.63, 3.8) is 0 Å². The number of carbonyl (C=O) groups is 6. The van der Waals surface area contributed by atoms with Crippen LogP contribution in [0.4, 0.5) is 0 Å². The lowest BCUT2D eigenvalue weighted by molar-refractivity contribution is -0.193. The van der Waals surface area contributed by atoms with Gasteiger partial charge < -0.3 is 49.7 Å². The van der Waals surface area contributed by atoms with E-state index in [9.17, 15) is 54.0 Å². The van der Waals surface area contributed by atoms with Crippen LogP contribution in [0, 0.1) is 6.92 Å². The number of carboxylic acid groups (broad SMARTS) is 2. The summed E-state index contributed by atoms with van der Waals surface area (Å²) in [6.45, 7) is 1.10. The number of para-hydroxylation sites is 1. The number of β-lactam (4-membered cyclic amide) rings is 1. The number of hydrogen-bond donors (Lipinski definition) is 6. The summed E-state index contributed by atoms with van der Waals surface area (Å²) in [4.78, 5) is 90.9. The second-order valence-corrected chi connectivity index (χ2v) is 12.2. The molecule has 18 nitrogen and oxygen atoms in total. The van der Waals surface area contributed by atoms with Gasteiger partial charge in [0.2, 0.25) is 17.1 Å². The van der Waals surface area contributed by atoms with Crippen molar-refractivity contribution < 1.29 is 67.8 Å². The predicted octanol–water partition coefficient (Wildman–Crippen LogP) is 0.723. The first kappa shape index (κ1) is 36.2. The van der Waals surface area contributed by atoms with Crippen LogP contribution in [-0.4, -0.2) is 98.1 Å². The minimum atomic E-state index is -2.19. The third-order valence-electron chi connectivity index (χ3n) is 7.93. The molecule has 0 spiro atoms. The maximum atomic E-state index is 14.2. The summed E-state index contributed by atoms with van der Waals surface area (Å²) in [6, 6.07) is 5.82. The van der Waals surface area contributed by atoms with E-state index in [2.05, 4.69) is 10.6 Å². The van der Waals surface area contributed by atoms with E-state index in [1.165, 1.54) is 31.2 Å². The normalized spacial score (nSPS) is 18.7. The summed E-state index contributed by atoms with van der Waals surface area (Å²) in [5, 5.41) is 42.6. The maximum Gasteiger partial charge on any atom is 0.352 e. The molecule has 3 amide bonds. The molecule has 0 bridgehead atoms. The Morgan fingerprint density at radius 1 is 1.10 bits per heavy atom. The smallest absolute Gasteiger partial charge is 0.352 e. The van der Waals surface area contributed by atoms with E-state index in [0.717, 1.165) is 42.8 Å². The Morgan fingerprint density at radius 2 is 1.80 bits per heavy atom. The van der Waals surface area contributed by atoms with Gasteiger partial charge in [0.05, 0.1) is 5.39 Å². The Hall–Kier alpha value is -6.08. The number of esters is 1. The van der Waals surface area contributed by atoms with E-state index in [4.69, 9.17) is 18.6 Å². The molecule has 268 valence electrons. The minimum Gasteiger partial charge on any atom is -0.504 e. The zero-order valence-corrected chi connectivity index (χ0v) is 27.7. The van der Waals surface area contributed by atoms with Gasteiger partial charge in [0.1, 0.15) is 40.8 Å². The van der Waals surface area contributed by atoms with Crippen molar-refractivity contribution in [1.82, 2.24) is 15.5 Å². The lowest BCUT2D eigenvalue weighted by Crippen LogP contribution is -2.81. The van der Waals surface area contributed by atoms with Gasteiger partial charge in [0, 0.05) is 30.9 Å². The Labute approximate surface area is 290 Å². The van der Waals surface area contributed by atoms with E-state index in [1.54, 1.807) is 0 Å². The molecule has 1 saturated heterocycles. The number of nitrogens with zero attached hydrogens (tertiary/aromatic N) is 1. The number of aromatic hydroxyl groups is 2. The van der Waals surface area contributed by atoms with Crippen LogP contribution in [0.25, 0.3) is 11.0 Å².